The molecule has 1 aromatic heterocycles. The summed E-state index contributed by atoms with van der Waals surface area (Å²) in [6.45, 7) is 0.431. The van der Waals surface area contributed by atoms with E-state index in [1.165, 1.54) is 11.3 Å². The summed E-state index contributed by atoms with van der Waals surface area (Å²) in [4.78, 5) is 16.8. The van der Waals surface area contributed by atoms with Gasteiger partial charge in [0.1, 0.15) is 17.6 Å². The number of anilines is 1. The molecule has 0 aliphatic carbocycles. The monoisotopic (exact) mass is 399 g/mol. The van der Waals surface area contributed by atoms with Crippen LogP contribution in [0.4, 0.5) is 5.13 Å². The number of hydrogen-bond donors (Lipinski definition) is 2. The van der Waals surface area contributed by atoms with E-state index in [-0.39, 0.29) is 24.4 Å². The fourth-order valence-electron chi connectivity index (χ4n) is 2.73. The largest absolute Gasteiger partial charge is 0.497 e. The van der Waals surface area contributed by atoms with Crippen LogP contribution in [0.3, 0.4) is 0 Å². The second kappa shape index (κ2) is 9.18. The van der Waals surface area contributed by atoms with Crippen molar-refractivity contribution in [2.45, 2.75) is 25.0 Å². The number of rotatable bonds is 6. The van der Waals surface area contributed by atoms with Gasteiger partial charge in [-0.1, -0.05) is 0 Å². The molecular weight excluding hydrogens is 378 g/mol. The maximum absolute atomic E-state index is 12.3. The third-order valence-corrected chi connectivity index (χ3v) is 4.84. The van der Waals surface area contributed by atoms with Gasteiger partial charge in [-0.2, -0.15) is 0 Å². The zero-order valence-electron chi connectivity index (χ0n) is 14.6. The molecule has 0 bridgehead atoms. The lowest BCUT2D eigenvalue weighted by molar-refractivity contribution is -0.126. The lowest BCUT2D eigenvalue weighted by Crippen LogP contribution is -2.29. The number of ether oxygens (including phenoxy) is 3. The minimum absolute atomic E-state index is 0. The molecule has 1 fully saturated rings. The van der Waals surface area contributed by atoms with Gasteiger partial charge in [0.05, 0.1) is 26.0 Å². The van der Waals surface area contributed by atoms with Crippen molar-refractivity contribution in [2.75, 3.05) is 26.1 Å². The predicted molar refractivity (Wildman–Crippen MR) is 103 cm³/mol. The van der Waals surface area contributed by atoms with Crippen molar-refractivity contribution in [3.8, 4) is 22.8 Å². The average molecular weight is 400 g/mol. The minimum Gasteiger partial charge on any atom is -0.497 e. The van der Waals surface area contributed by atoms with Crippen molar-refractivity contribution in [3.63, 3.8) is 0 Å². The molecule has 3 rings (SSSR count). The van der Waals surface area contributed by atoms with Gasteiger partial charge in [-0.3, -0.25) is 10.1 Å². The first kappa shape index (κ1) is 20.4. The van der Waals surface area contributed by atoms with Crippen LogP contribution >= 0.6 is 23.7 Å². The minimum atomic E-state index is -0.466. The molecule has 1 saturated heterocycles. The fourth-order valence-corrected chi connectivity index (χ4v) is 3.44. The second-order valence-electron chi connectivity index (χ2n) is 5.65. The highest BCUT2D eigenvalue weighted by molar-refractivity contribution is 7.14. The summed E-state index contributed by atoms with van der Waals surface area (Å²) in [6, 6.07) is 5.50. The number of thiazole rings is 1. The molecule has 0 unspecified atom stereocenters. The van der Waals surface area contributed by atoms with Gasteiger partial charge in [-0.25, -0.2) is 4.98 Å². The van der Waals surface area contributed by atoms with Gasteiger partial charge in [0.25, 0.3) is 5.91 Å². The topological polar surface area (TPSA) is 95.7 Å². The zero-order chi connectivity index (χ0) is 17.8. The Morgan fingerprint density at radius 3 is 2.85 bits per heavy atom. The van der Waals surface area contributed by atoms with Crippen LogP contribution in [0.1, 0.15) is 12.8 Å². The molecule has 2 atom stereocenters. The van der Waals surface area contributed by atoms with Gasteiger partial charge in [0.2, 0.25) is 0 Å². The Balaban J connectivity index is 0.00000243. The third kappa shape index (κ3) is 4.45. The van der Waals surface area contributed by atoms with Crippen molar-refractivity contribution in [2.24, 2.45) is 5.73 Å². The number of hydrogen-bond acceptors (Lipinski definition) is 7. The highest BCUT2D eigenvalue weighted by Crippen LogP contribution is 2.35. The number of methoxy groups -OCH3 is 2. The van der Waals surface area contributed by atoms with Crippen molar-refractivity contribution in [3.05, 3.63) is 23.6 Å². The summed E-state index contributed by atoms with van der Waals surface area (Å²) in [6.07, 6.45) is 0.977. The zero-order valence-corrected chi connectivity index (χ0v) is 16.2. The Morgan fingerprint density at radius 2 is 2.19 bits per heavy atom. The molecule has 7 nitrogen and oxygen atoms in total. The maximum Gasteiger partial charge on any atom is 0.255 e. The Kier molecular flexibility index (Phi) is 7.22. The first-order chi connectivity index (χ1) is 12.1. The molecule has 1 aromatic carbocycles. The number of benzene rings is 1. The normalized spacial score (nSPS) is 18.9. The number of carbonyl (C=O) groups excluding carboxylic acids is 1. The Hall–Kier alpha value is -1.87. The van der Waals surface area contributed by atoms with E-state index in [9.17, 15) is 4.79 Å². The van der Waals surface area contributed by atoms with E-state index in [2.05, 4.69) is 10.3 Å². The van der Waals surface area contributed by atoms with Crippen LogP contribution < -0.4 is 20.5 Å². The molecule has 9 heteroatoms. The van der Waals surface area contributed by atoms with Crippen molar-refractivity contribution < 1.29 is 19.0 Å². The number of nitrogens with one attached hydrogen (secondary N) is 1. The van der Waals surface area contributed by atoms with E-state index in [1.807, 2.05) is 23.6 Å². The van der Waals surface area contributed by atoms with Crippen molar-refractivity contribution >= 4 is 34.8 Å². The number of halogens is 1. The molecule has 26 heavy (non-hydrogen) atoms. The fraction of sp³-hybridized carbons (Fsp3) is 0.412. The highest BCUT2D eigenvalue weighted by atomic mass is 35.5. The summed E-state index contributed by atoms with van der Waals surface area (Å²) < 4.78 is 16.2. The summed E-state index contributed by atoms with van der Waals surface area (Å²) in [5, 5.41) is 5.20. The molecule has 2 heterocycles. The smallest absolute Gasteiger partial charge is 0.255 e. The first-order valence-electron chi connectivity index (χ1n) is 7.99. The van der Waals surface area contributed by atoms with Gasteiger partial charge < -0.3 is 19.9 Å². The van der Waals surface area contributed by atoms with Gasteiger partial charge in [0, 0.05) is 17.5 Å². The number of aromatic nitrogens is 1. The van der Waals surface area contributed by atoms with Crippen molar-refractivity contribution in [1.82, 2.24) is 4.98 Å². The lowest BCUT2D eigenvalue weighted by Gasteiger charge is -2.11. The third-order valence-electron chi connectivity index (χ3n) is 4.08. The average Bonchev–Trinajstić information content (AvgIpc) is 3.30. The molecule has 1 amide bonds. The van der Waals surface area contributed by atoms with Crippen molar-refractivity contribution in [1.29, 1.82) is 0 Å². The van der Waals surface area contributed by atoms with Crippen LogP contribution in [0, 0.1) is 0 Å². The Labute approximate surface area is 162 Å². The van der Waals surface area contributed by atoms with E-state index in [0.29, 0.717) is 35.3 Å². The number of carbonyl (C=O) groups is 1. The lowest BCUT2D eigenvalue weighted by atomic mass is 10.1. The highest BCUT2D eigenvalue weighted by Gasteiger charge is 2.30. The number of nitrogens with zero attached hydrogens (tertiary/aromatic N) is 1. The standard InChI is InChI=1S/C17H21N3O4S.ClH/c1-22-10-3-5-14(23-2)12(7-10)13-9-25-17(19-13)20-16(21)15-6-4-11(8-18)24-15;/h3,5,7,9,11,15H,4,6,8,18H2,1-2H3,(H,19,20,21);1H/t11-,15+;/m1./s1. The molecule has 142 valence electrons. The molecule has 0 spiro atoms. The van der Waals surface area contributed by atoms with Crippen LogP contribution in [-0.2, 0) is 9.53 Å². The summed E-state index contributed by atoms with van der Waals surface area (Å²) in [5.74, 6) is 1.21. The molecule has 2 aromatic rings. The quantitative estimate of drug-likeness (QED) is 0.775. The van der Waals surface area contributed by atoms with E-state index < -0.39 is 6.10 Å². The Morgan fingerprint density at radius 1 is 1.38 bits per heavy atom. The second-order valence-corrected chi connectivity index (χ2v) is 6.51. The van der Waals surface area contributed by atoms with Crippen LogP contribution in [0.25, 0.3) is 11.3 Å². The summed E-state index contributed by atoms with van der Waals surface area (Å²) in [5.41, 5.74) is 7.09. The molecule has 1 aliphatic rings. The molecule has 0 saturated carbocycles. The molecule has 1 aliphatic heterocycles. The Bertz CT molecular complexity index is 755. The molecular formula is C17H22ClN3O4S. The van der Waals surface area contributed by atoms with Gasteiger partial charge in [0.15, 0.2) is 5.13 Å². The van der Waals surface area contributed by atoms with E-state index in [4.69, 9.17) is 19.9 Å². The van der Waals surface area contributed by atoms with Gasteiger partial charge in [-0.15, -0.1) is 23.7 Å². The maximum atomic E-state index is 12.3. The van der Waals surface area contributed by atoms with E-state index in [1.54, 1.807) is 14.2 Å². The predicted octanol–water partition coefficient (Wildman–Crippen LogP) is 2.69. The van der Waals surface area contributed by atoms with E-state index >= 15 is 0 Å². The summed E-state index contributed by atoms with van der Waals surface area (Å²) in [7, 11) is 3.21. The first-order valence-corrected chi connectivity index (χ1v) is 8.87. The van der Waals surface area contributed by atoms with Crippen LogP contribution in [0.5, 0.6) is 11.5 Å². The number of nitrogens with two attached hydrogens (primary N) is 1. The van der Waals surface area contributed by atoms with Crippen LogP contribution in [0.2, 0.25) is 0 Å². The summed E-state index contributed by atoms with van der Waals surface area (Å²) >= 11 is 1.35. The molecule has 0 radical (unpaired) electrons. The molecule has 3 N–H and O–H groups in total. The van der Waals surface area contributed by atoms with Gasteiger partial charge >= 0.3 is 0 Å². The number of amides is 1. The van der Waals surface area contributed by atoms with Crippen LogP contribution in [0.15, 0.2) is 23.6 Å². The van der Waals surface area contributed by atoms with Gasteiger partial charge in [-0.05, 0) is 31.0 Å². The van der Waals surface area contributed by atoms with Crippen LogP contribution in [-0.4, -0.2) is 43.9 Å². The van der Waals surface area contributed by atoms with E-state index in [0.717, 1.165) is 12.0 Å². The SMILES string of the molecule is COc1ccc(OC)c(-c2csc(NC(=O)[C@@H]3CC[C@H](CN)O3)n2)c1.Cl.